The first kappa shape index (κ1) is 15.0. The first-order valence-corrected chi connectivity index (χ1v) is 8.15. The summed E-state index contributed by atoms with van der Waals surface area (Å²) < 4.78 is 0. The molecule has 108 valence electrons. The molecule has 0 fully saturated rings. The van der Waals surface area contributed by atoms with Crippen molar-refractivity contribution in [2.75, 3.05) is 5.32 Å². The van der Waals surface area contributed by atoms with E-state index >= 15 is 0 Å². The number of hydrogen-bond donors (Lipinski definition) is 1. The van der Waals surface area contributed by atoms with E-state index in [1.54, 1.807) is 11.3 Å². The van der Waals surface area contributed by atoms with E-state index in [-0.39, 0.29) is 0 Å². The molecule has 0 spiro atoms. The van der Waals surface area contributed by atoms with Crippen LogP contribution in [0.25, 0.3) is 0 Å². The van der Waals surface area contributed by atoms with Crippen molar-refractivity contribution in [2.45, 2.75) is 52.5 Å². The summed E-state index contributed by atoms with van der Waals surface area (Å²) in [5.41, 5.74) is 5.93. The van der Waals surface area contributed by atoms with Gasteiger partial charge in [0.1, 0.15) is 0 Å². The van der Waals surface area contributed by atoms with E-state index < -0.39 is 0 Å². The fraction of sp³-hybridized carbons (Fsp3) is 0.471. The summed E-state index contributed by atoms with van der Waals surface area (Å²) >= 11 is 1.70. The third-order valence-electron chi connectivity index (χ3n) is 3.61. The number of aromatic nitrogens is 1. The number of thiazole rings is 1. The molecule has 0 bridgehead atoms. The number of nitrogens with one attached hydrogen (secondary N) is 1. The zero-order valence-electron chi connectivity index (χ0n) is 13.0. The molecular formula is C17H24N2S. The summed E-state index contributed by atoms with van der Waals surface area (Å²) in [6, 6.07) is 7.10. The van der Waals surface area contributed by atoms with Gasteiger partial charge in [0.05, 0.1) is 11.6 Å². The molecule has 2 rings (SSSR count). The standard InChI is InChI=1S/C17H24N2S/c1-11(2)14-6-7-16(15(8-14)12(3)4)19-13(5)17-9-18-10-20-17/h6-13,19H,1-5H3. The largest absolute Gasteiger partial charge is 0.377 e. The van der Waals surface area contributed by atoms with Gasteiger partial charge in [-0.3, -0.25) is 4.98 Å². The first-order chi connectivity index (χ1) is 9.49. The van der Waals surface area contributed by atoms with Crippen LogP contribution in [-0.4, -0.2) is 4.98 Å². The van der Waals surface area contributed by atoms with Gasteiger partial charge >= 0.3 is 0 Å². The molecule has 3 heteroatoms. The van der Waals surface area contributed by atoms with Gasteiger partial charge in [-0.1, -0.05) is 39.8 Å². The van der Waals surface area contributed by atoms with Crippen molar-refractivity contribution in [1.29, 1.82) is 0 Å². The van der Waals surface area contributed by atoms with Crippen LogP contribution in [0.5, 0.6) is 0 Å². The van der Waals surface area contributed by atoms with Crippen molar-refractivity contribution in [3.63, 3.8) is 0 Å². The SMILES string of the molecule is CC(C)c1ccc(NC(C)c2cncs2)c(C(C)C)c1. The molecule has 1 N–H and O–H groups in total. The smallest absolute Gasteiger partial charge is 0.0795 e. The van der Waals surface area contributed by atoms with E-state index in [0.717, 1.165) is 0 Å². The normalized spacial score (nSPS) is 12.9. The molecule has 20 heavy (non-hydrogen) atoms. The highest BCUT2D eigenvalue weighted by atomic mass is 32.1. The van der Waals surface area contributed by atoms with Crippen LogP contribution in [0.2, 0.25) is 0 Å². The van der Waals surface area contributed by atoms with Crippen LogP contribution in [0, 0.1) is 0 Å². The number of benzene rings is 1. The lowest BCUT2D eigenvalue weighted by Crippen LogP contribution is -2.08. The molecule has 2 aromatic rings. The molecule has 2 nitrogen and oxygen atoms in total. The molecule has 1 aromatic carbocycles. The Morgan fingerprint density at radius 3 is 2.35 bits per heavy atom. The number of nitrogens with zero attached hydrogens (tertiary/aromatic N) is 1. The zero-order valence-corrected chi connectivity index (χ0v) is 13.8. The van der Waals surface area contributed by atoms with Gasteiger partial charge in [0.15, 0.2) is 0 Å². The van der Waals surface area contributed by atoms with Crippen LogP contribution < -0.4 is 5.32 Å². The van der Waals surface area contributed by atoms with Gasteiger partial charge in [-0.05, 0) is 36.0 Å². The second-order valence-corrected chi connectivity index (χ2v) is 6.84. The number of rotatable bonds is 5. The monoisotopic (exact) mass is 288 g/mol. The van der Waals surface area contributed by atoms with Gasteiger partial charge in [0, 0.05) is 16.8 Å². The quantitative estimate of drug-likeness (QED) is 0.778. The second kappa shape index (κ2) is 6.40. The molecule has 1 aromatic heterocycles. The van der Waals surface area contributed by atoms with Gasteiger partial charge in [0.25, 0.3) is 0 Å². The fourth-order valence-corrected chi connectivity index (χ4v) is 2.92. The maximum Gasteiger partial charge on any atom is 0.0795 e. The van der Waals surface area contributed by atoms with Crippen molar-refractivity contribution in [3.8, 4) is 0 Å². The Kier molecular flexibility index (Phi) is 4.81. The van der Waals surface area contributed by atoms with Crippen molar-refractivity contribution in [2.24, 2.45) is 0 Å². The third-order valence-corrected chi connectivity index (χ3v) is 4.57. The Morgan fingerprint density at radius 2 is 1.80 bits per heavy atom. The summed E-state index contributed by atoms with van der Waals surface area (Å²) in [5.74, 6) is 1.09. The second-order valence-electron chi connectivity index (χ2n) is 5.93. The van der Waals surface area contributed by atoms with E-state index in [2.05, 4.69) is 63.1 Å². The Hall–Kier alpha value is -1.35. The fourth-order valence-electron chi connectivity index (χ4n) is 2.29. The number of hydrogen-bond acceptors (Lipinski definition) is 3. The zero-order chi connectivity index (χ0) is 14.7. The highest BCUT2D eigenvalue weighted by Crippen LogP contribution is 2.31. The Morgan fingerprint density at radius 1 is 1.05 bits per heavy atom. The first-order valence-electron chi connectivity index (χ1n) is 7.27. The van der Waals surface area contributed by atoms with Crippen LogP contribution >= 0.6 is 11.3 Å². The maximum atomic E-state index is 4.16. The molecule has 0 radical (unpaired) electrons. The average Bonchev–Trinajstić information content (AvgIpc) is 2.92. The highest BCUT2D eigenvalue weighted by Gasteiger charge is 2.13. The van der Waals surface area contributed by atoms with E-state index in [1.165, 1.54) is 21.7 Å². The Bertz CT molecular complexity index is 544. The molecule has 0 aliphatic rings. The molecular weight excluding hydrogens is 264 g/mol. The van der Waals surface area contributed by atoms with Crippen LogP contribution in [-0.2, 0) is 0 Å². The summed E-state index contributed by atoms with van der Waals surface area (Å²) in [4.78, 5) is 5.43. The lowest BCUT2D eigenvalue weighted by atomic mass is 9.94. The van der Waals surface area contributed by atoms with Gasteiger partial charge in [-0.2, -0.15) is 0 Å². The molecule has 0 saturated carbocycles. The van der Waals surface area contributed by atoms with Gasteiger partial charge in [-0.25, -0.2) is 0 Å². The summed E-state index contributed by atoms with van der Waals surface area (Å²) in [7, 11) is 0. The van der Waals surface area contributed by atoms with E-state index in [1.807, 2.05) is 11.7 Å². The van der Waals surface area contributed by atoms with Gasteiger partial charge in [0.2, 0.25) is 0 Å². The molecule has 1 unspecified atom stereocenters. The molecule has 0 saturated heterocycles. The lowest BCUT2D eigenvalue weighted by molar-refractivity contribution is 0.824. The minimum atomic E-state index is 0.296. The minimum Gasteiger partial charge on any atom is -0.377 e. The Labute approximate surface area is 126 Å². The van der Waals surface area contributed by atoms with Crippen molar-refractivity contribution < 1.29 is 0 Å². The maximum absolute atomic E-state index is 4.16. The van der Waals surface area contributed by atoms with E-state index in [4.69, 9.17) is 0 Å². The molecule has 1 atom stereocenters. The predicted octanol–water partition coefficient (Wildman–Crippen LogP) is 5.56. The van der Waals surface area contributed by atoms with Gasteiger partial charge in [-0.15, -0.1) is 11.3 Å². The summed E-state index contributed by atoms with van der Waals surface area (Å²) in [6.07, 6.45) is 1.94. The van der Waals surface area contributed by atoms with Crippen molar-refractivity contribution >= 4 is 17.0 Å². The molecule has 0 aliphatic carbocycles. The molecule has 1 heterocycles. The molecule has 0 amide bonds. The third kappa shape index (κ3) is 3.40. The topological polar surface area (TPSA) is 24.9 Å². The van der Waals surface area contributed by atoms with Crippen molar-refractivity contribution in [1.82, 2.24) is 4.98 Å². The minimum absolute atomic E-state index is 0.296. The predicted molar refractivity (Wildman–Crippen MR) is 88.8 cm³/mol. The summed E-state index contributed by atoms with van der Waals surface area (Å²) in [5, 5.41) is 3.63. The van der Waals surface area contributed by atoms with Crippen LogP contribution in [0.4, 0.5) is 5.69 Å². The van der Waals surface area contributed by atoms with Crippen LogP contribution in [0.15, 0.2) is 29.9 Å². The van der Waals surface area contributed by atoms with Crippen LogP contribution in [0.3, 0.4) is 0 Å². The van der Waals surface area contributed by atoms with Crippen molar-refractivity contribution in [3.05, 3.63) is 45.9 Å². The Balaban J connectivity index is 2.27. The summed E-state index contributed by atoms with van der Waals surface area (Å²) in [6.45, 7) is 11.2. The lowest BCUT2D eigenvalue weighted by Gasteiger charge is -2.20. The van der Waals surface area contributed by atoms with Gasteiger partial charge < -0.3 is 5.32 Å². The molecule has 0 aliphatic heterocycles. The highest BCUT2D eigenvalue weighted by molar-refractivity contribution is 7.09. The van der Waals surface area contributed by atoms with E-state index in [0.29, 0.717) is 17.9 Å². The number of anilines is 1. The van der Waals surface area contributed by atoms with Crippen LogP contribution in [0.1, 0.15) is 68.5 Å². The van der Waals surface area contributed by atoms with E-state index in [9.17, 15) is 0 Å². The average molecular weight is 288 g/mol.